The van der Waals surface area contributed by atoms with Crippen LogP contribution in [0.3, 0.4) is 0 Å². The Morgan fingerprint density at radius 2 is 1.79 bits per heavy atom. The lowest BCUT2D eigenvalue weighted by atomic mass is 9.47. The van der Waals surface area contributed by atoms with Gasteiger partial charge in [-0.15, -0.1) is 0 Å². The summed E-state index contributed by atoms with van der Waals surface area (Å²) < 4.78 is 5.95. The van der Waals surface area contributed by atoms with Crippen LogP contribution in [0.1, 0.15) is 116 Å². The van der Waals surface area contributed by atoms with Crippen molar-refractivity contribution in [2.75, 3.05) is 0 Å². The summed E-state index contributed by atoms with van der Waals surface area (Å²) in [6.07, 6.45) is 16.2. The molecule has 216 valence electrons. The predicted octanol–water partition coefficient (Wildman–Crippen LogP) is 7.66. The molecule has 4 unspecified atom stereocenters. The number of nitrogens with one attached hydrogen (secondary N) is 1. The Bertz CT molecular complexity index is 1050. The first kappa shape index (κ1) is 28.8. The fourth-order valence-electron chi connectivity index (χ4n) is 9.72. The van der Waals surface area contributed by atoms with E-state index in [1.165, 1.54) is 69.1 Å². The Hall–Kier alpha value is -1.69. The molecule has 1 aromatic carbocycles. The first-order valence-corrected chi connectivity index (χ1v) is 15.8. The van der Waals surface area contributed by atoms with Gasteiger partial charge in [0.1, 0.15) is 6.10 Å². The highest BCUT2D eigenvalue weighted by atomic mass is 16.8. The van der Waals surface area contributed by atoms with Crippen LogP contribution < -0.4 is 5.23 Å². The van der Waals surface area contributed by atoms with Gasteiger partial charge in [-0.05, 0) is 103 Å². The van der Waals surface area contributed by atoms with Gasteiger partial charge in [-0.1, -0.05) is 65.5 Å². The number of carbonyl (C=O) groups excluding carboxylic acids is 1. The summed E-state index contributed by atoms with van der Waals surface area (Å²) in [6, 6.07) is 6.06. The molecule has 2 N–H and O–H groups in total. The second kappa shape index (κ2) is 11.3. The molecule has 5 nitrogen and oxygen atoms in total. The van der Waals surface area contributed by atoms with E-state index in [4.69, 9.17) is 9.94 Å². The van der Waals surface area contributed by atoms with Gasteiger partial charge in [0.05, 0.1) is 5.56 Å². The monoisotopic (exact) mass is 537 g/mol. The number of hydrogen-bond donors (Lipinski definition) is 2. The summed E-state index contributed by atoms with van der Waals surface area (Å²) in [5.74, 6) is 4.60. The zero-order valence-electron chi connectivity index (χ0n) is 24.9. The Morgan fingerprint density at radius 3 is 2.49 bits per heavy atom. The lowest BCUT2D eigenvalue weighted by Crippen LogP contribution is -2.99. The summed E-state index contributed by atoms with van der Waals surface area (Å²) in [6.45, 7) is 12.4. The van der Waals surface area contributed by atoms with Crippen LogP contribution in [-0.2, 0) is 4.74 Å². The van der Waals surface area contributed by atoms with Crippen molar-refractivity contribution in [3.05, 3.63) is 46.7 Å². The van der Waals surface area contributed by atoms with Gasteiger partial charge in [0, 0.05) is 18.6 Å². The van der Waals surface area contributed by atoms with Crippen molar-refractivity contribution in [1.82, 2.24) is 0 Å². The normalized spacial score (nSPS) is 37.3. The van der Waals surface area contributed by atoms with Crippen molar-refractivity contribution in [2.24, 2.45) is 46.3 Å². The zero-order valence-corrected chi connectivity index (χ0v) is 24.9. The number of fused-ring (bicyclic) bond motifs is 5. The van der Waals surface area contributed by atoms with Crippen molar-refractivity contribution in [2.45, 2.75) is 111 Å². The number of allylic oxidation sites excluding steroid dienone is 1. The van der Waals surface area contributed by atoms with E-state index in [0.717, 1.165) is 54.8 Å². The summed E-state index contributed by atoms with van der Waals surface area (Å²) in [7, 11) is 0. The summed E-state index contributed by atoms with van der Waals surface area (Å²) in [5, 5.41) is 19.3. The van der Waals surface area contributed by atoms with Crippen molar-refractivity contribution in [1.29, 1.82) is 0 Å². The maximum absolute atomic E-state index is 12.8. The SMILES string of the molecule is CC(C)CCC[C@@H](C)[C@H]1CCC2C3CC=C4C[C@@H](OC(=O)c5ccc([NH+]([O-])O)cc5)CC[C@]4(C)C3CC[C@@]21C. The number of carbonyl (C=O) groups is 1. The van der Waals surface area contributed by atoms with E-state index in [2.05, 4.69) is 40.7 Å². The minimum atomic E-state index is -0.990. The third-order valence-corrected chi connectivity index (χ3v) is 11.9. The van der Waals surface area contributed by atoms with Crippen molar-refractivity contribution in [3.63, 3.8) is 0 Å². The van der Waals surface area contributed by atoms with E-state index >= 15 is 0 Å². The number of hydrogen-bond acceptors (Lipinski definition) is 4. The Labute approximate surface area is 235 Å². The molecule has 3 saturated carbocycles. The number of rotatable bonds is 8. The van der Waals surface area contributed by atoms with Crippen molar-refractivity contribution in [3.8, 4) is 0 Å². The smallest absolute Gasteiger partial charge is 0.338 e. The molecule has 5 heteroatoms. The highest BCUT2D eigenvalue weighted by molar-refractivity contribution is 5.89. The highest BCUT2D eigenvalue weighted by Gasteiger charge is 2.59. The second-order valence-electron chi connectivity index (χ2n) is 14.4. The molecular weight excluding hydrogens is 486 g/mol. The first-order chi connectivity index (χ1) is 18.5. The van der Waals surface area contributed by atoms with Crippen LogP contribution in [0.2, 0.25) is 0 Å². The molecule has 0 amide bonds. The molecule has 1 aromatic rings. The van der Waals surface area contributed by atoms with E-state index in [-0.39, 0.29) is 23.2 Å². The Balaban J connectivity index is 1.23. The van der Waals surface area contributed by atoms with Crippen molar-refractivity contribution < 1.29 is 20.0 Å². The molecule has 0 aliphatic heterocycles. The van der Waals surface area contributed by atoms with Crippen LogP contribution in [0, 0.1) is 51.5 Å². The molecule has 0 radical (unpaired) electrons. The van der Waals surface area contributed by atoms with Gasteiger partial charge >= 0.3 is 5.97 Å². The maximum Gasteiger partial charge on any atom is 0.338 e. The van der Waals surface area contributed by atoms with Gasteiger partial charge < -0.3 is 9.94 Å². The molecule has 0 saturated heterocycles. The average molecular weight is 538 g/mol. The maximum atomic E-state index is 12.8. The molecule has 0 spiro atoms. The minimum absolute atomic E-state index is 0.0936. The van der Waals surface area contributed by atoms with Gasteiger partial charge in [0.25, 0.3) is 0 Å². The van der Waals surface area contributed by atoms with Crippen LogP contribution in [0.4, 0.5) is 5.69 Å². The topological polar surface area (TPSA) is 74.0 Å². The van der Waals surface area contributed by atoms with Crippen LogP contribution in [0.25, 0.3) is 0 Å². The average Bonchev–Trinajstić information content (AvgIpc) is 3.26. The molecule has 0 bridgehead atoms. The van der Waals surface area contributed by atoms with E-state index in [1.54, 1.807) is 12.1 Å². The summed E-state index contributed by atoms with van der Waals surface area (Å²) in [5.41, 5.74) is 2.86. The van der Waals surface area contributed by atoms with E-state index < -0.39 is 5.23 Å². The number of ether oxygens (including phenoxy) is 1. The van der Waals surface area contributed by atoms with Crippen LogP contribution >= 0.6 is 0 Å². The van der Waals surface area contributed by atoms with Gasteiger partial charge in [-0.25, -0.2) is 10.0 Å². The second-order valence-corrected chi connectivity index (χ2v) is 14.4. The standard InChI is InChI=1S/C34H51NO4/c1-22(2)7-6-8-23(3)29-15-16-30-28-14-11-25-21-27(17-19-33(25,4)31(28)18-20-34(29,30)5)39-32(36)24-9-12-26(13-10-24)35(37)38/h9-13,22-23,27-31,35,37H,6-8,14-21H2,1-5H3/t23-,27+,28?,29-,30?,31?,33+,34-/m1/s1. The van der Waals surface area contributed by atoms with Gasteiger partial charge in [0.15, 0.2) is 5.69 Å². The van der Waals surface area contributed by atoms with E-state index in [9.17, 15) is 10.0 Å². The summed E-state index contributed by atoms with van der Waals surface area (Å²) >= 11 is 0. The van der Waals surface area contributed by atoms with Gasteiger partial charge in [0.2, 0.25) is 0 Å². The highest BCUT2D eigenvalue weighted by Crippen LogP contribution is 2.67. The zero-order chi connectivity index (χ0) is 27.9. The lowest BCUT2D eigenvalue weighted by Gasteiger charge is -2.58. The largest absolute Gasteiger partial charge is 0.595 e. The first-order valence-electron chi connectivity index (χ1n) is 15.8. The predicted molar refractivity (Wildman–Crippen MR) is 154 cm³/mol. The number of quaternary nitrogens is 1. The number of esters is 1. The van der Waals surface area contributed by atoms with Crippen LogP contribution in [0.5, 0.6) is 0 Å². The van der Waals surface area contributed by atoms with Gasteiger partial charge in [-0.2, -0.15) is 5.23 Å². The quantitative estimate of drug-likeness (QED) is 0.203. The molecule has 3 fully saturated rings. The Kier molecular flexibility index (Phi) is 8.35. The molecule has 9 atom stereocenters. The molecule has 0 aromatic heterocycles. The van der Waals surface area contributed by atoms with Crippen LogP contribution in [-0.4, -0.2) is 17.3 Å². The minimum Gasteiger partial charge on any atom is -0.595 e. The third-order valence-electron chi connectivity index (χ3n) is 11.9. The molecular formula is C34H51NO4. The van der Waals surface area contributed by atoms with E-state index in [0.29, 0.717) is 11.0 Å². The van der Waals surface area contributed by atoms with Crippen molar-refractivity contribution >= 4 is 11.7 Å². The molecule has 5 rings (SSSR count). The van der Waals surface area contributed by atoms with Crippen LogP contribution in [0.15, 0.2) is 35.9 Å². The summed E-state index contributed by atoms with van der Waals surface area (Å²) in [4.78, 5) is 12.8. The fourth-order valence-corrected chi connectivity index (χ4v) is 9.72. The Morgan fingerprint density at radius 1 is 1.05 bits per heavy atom. The fraction of sp³-hybridized carbons (Fsp3) is 0.735. The van der Waals surface area contributed by atoms with Gasteiger partial charge in [-0.3, -0.25) is 0 Å². The molecule has 0 heterocycles. The third kappa shape index (κ3) is 5.48. The molecule has 4 aliphatic carbocycles. The molecule has 39 heavy (non-hydrogen) atoms. The molecule has 4 aliphatic rings. The lowest BCUT2D eigenvalue weighted by molar-refractivity contribution is -0.991. The number of benzene rings is 1. The van der Waals surface area contributed by atoms with E-state index in [1.807, 2.05) is 0 Å².